The summed E-state index contributed by atoms with van der Waals surface area (Å²) in [6.45, 7) is -1.52. The molecule has 0 saturated carbocycles. The Morgan fingerprint density at radius 1 is 0.773 bits per heavy atom. The van der Waals surface area contributed by atoms with Crippen LogP contribution in [0.15, 0.2) is 45.6 Å². The fourth-order valence-corrected chi connectivity index (χ4v) is 5.05. The second kappa shape index (κ2) is 12.8. The minimum atomic E-state index is -1.87. The van der Waals surface area contributed by atoms with Gasteiger partial charge in [0.25, 0.3) is 0 Å². The van der Waals surface area contributed by atoms with Crippen LogP contribution in [-0.4, -0.2) is 128 Å². The smallest absolute Gasteiger partial charge is 0.229 e. The van der Waals surface area contributed by atoms with Crippen LogP contribution < -0.4 is 14.9 Å². The number of benzene rings is 2. The molecule has 240 valence electrons. The maximum Gasteiger partial charge on any atom is 0.229 e. The zero-order chi connectivity index (χ0) is 31.9. The van der Waals surface area contributed by atoms with Crippen molar-refractivity contribution in [2.24, 2.45) is 0 Å². The van der Waals surface area contributed by atoms with Gasteiger partial charge in [0.1, 0.15) is 71.0 Å². The summed E-state index contributed by atoms with van der Waals surface area (Å²) in [5.41, 5.74) is -0.402. The Hall–Kier alpha value is -3.55. The summed E-state index contributed by atoms with van der Waals surface area (Å²) in [5.74, 6) is -0.721. The van der Waals surface area contributed by atoms with Crippen LogP contribution in [0.4, 0.5) is 0 Å². The van der Waals surface area contributed by atoms with Crippen molar-refractivity contribution in [1.82, 2.24) is 0 Å². The van der Waals surface area contributed by atoms with E-state index in [9.17, 15) is 50.8 Å². The molecule has 1 aromatic heterocycles. The highest BCUT2D eigenvalue weighted by Crippen LogP contribution is 2.36. The predicted octanol–water partition coefficient (Wildman–Crippen LogP) is -2.12. The van der Waals surface area contributed by atoms with Crippen molar-refractivity contribution < 1.29 is 74.1 Å². The lowest BCUT2D eigenvalue weighted by molar-refractivity contribution is -0.357. The maximum absolute atomic E-state index is 12.9. The first-order chi connectivity index (χ1) is 21.0. The van der Waals surface area contributed by atoms with Crippen LogP contribution in [0, 0.1) is 0 Å². The molecule has 44 heavy (non-hydrogen) atoms. The Kier molecular flexibility index (Phi) is 9.28. The molecule has 5 rings (SSSR count). The molecule has 2 aromatic carbocycles. The van der Waals surface area contributed by atoms with Crippen molar-refractivity contribution in [3.05, 3.63) is 46.6 Å². The Morgan fingerprint density at radius 3 is 2.09 bits per heavy atom. The molecule has 2 aliphatic heterocycles. The van der Waals surface area contributed by atoms with Crippen molar-refractivity contribution in [2.75, 3.05) is 20.3 Å². The zero-order valence-corrected chi connectivity index (χ0v) is 23.0. The van der Waals surface area contributed by atoms with Crippen LogP contribution in [0.5, 0.6) is 23.0 Å². The van der Waals surface area contributed by atoms with Gasteiger partial charge < -0.3 is 74.1 Å². The molecule has 3 aromatic rings. The van der Waals surface area contributed by atoms with Crippen LogP contribution in [0.25, 0.3) is 22.3 Å². The van der Waals surface area contributed by atoms with Crippen molar-refractivity contribution in [1.29, 1.82) is 0 Å². The molecule has 2 saturated heterocycles. The lowest BCUT2D eigenvalue weighted by Crippen LogP contribution is -2.65. The lowest BCUT2D eigenvalue weighted by Gasteiger charge is -2.45. The highest BCUT2D eigenvalue weighted by molar-refractivity contribution is 5.86. The second-order valence-corrected chi connectivity index (χ2v) is 10.3. The first-order valence-electron chi connectivity index (χ1n) is 13.4. The molecular formula is C28H32O16. The summed E-state index contributed by atoms with van der Waals surface area (Å²) in [5, 5.41) is 91.5. The summed E-state index contributed by atoms with van der Waals surface area (Å²) in [6.07, 6.45) is -16.8. The van der Waals surface area contributed by atoms with Crippen molar-refractivity contribution >= 4 is 11.0 Å². The Morgan fingerprint density at radius 2 is 1.43 bits per heavy atom. The molecule has 0 amide bonds. The monoisotopic (exact) mass is 624 g/mol. The average Bonchev–Trinajstić information content (AvgIpc) is 3.00. The zero-order valence-electron chi connectivity index (χ0n) is 23.0. The molecule has 16 heteroatoms. The quantitative estimate of drug-likeness (QED) is 0.130. The minimum Gasteiger partial charge on any atom is -0.507 e. The van der Waals surface area contributed by atoms with Gasteiger partial charge in [0, 0.05) is 23.8 Å². The molecule has 0 spiro atoms. The van der Waals surface area contributed by atoms with E-state index in [4.69, 9.17) is 28.1 Å². The number of rotatable bonds is 8. The van der Waals surface area contributed by atoms with Crippen LogP contribution in [0.3, 0.4) is 0 Å². The van der Waals surface area contributed by atoms with Crippen LogP contribution >= 0.6 is 0 Å². The summed E-state index contributed by atoms with van der Waals surface area (Å²) < 4.78 is 33.4. The number of methoxy groups -OCH3 is 1. The number of ether oxygens (including phenoxy) is 5. The summed E-state index contributed by atoms with van der Waals surface area (Å²) in [7, 11) is 1.34. The third-order valence-electron chi connectivity index (χ3n) is 7.46. The van der Waals surface area contributed by atoms with Crippen molar-refractivity contribution in [3.8, 4) is 34.3 Å². The van der Waals surface area contributed by atoms with Crippen LogP contribution in [0.2, 0.25) is 0 Å². The SMILES string of the molecule is COc1cc(-c2cc(=O)c3c(O)cc(O[C@H]4O[C@@H](CO)[C@H](O)[C@@H](O)[C@@H]4O[C@@H]4O[C@@H](CO)[C@H](O)[C@H](O)[C@@H]4O)cc3o2)ccc1O. The molecule has 3 heterocycles. The topological polar surface area (TPSA) is 258 Å². The van der Waals surface area contributed by atoms with Gasteiger partial charge in [0.15, 0.2) is 29.3 Å². The summed E-state index contributed by atoms with van der Waals surface area (Å²) in [4.78, 5) is 12.9. The minimum absolute atomic E-state index is 0.0500. The normalized spacial score (nSPS) is 32.5. The largest absolute Gasteiger partial charge is 0.507 e. The van der Waals surface area contributed by atoms with E-state index in [2.05, 4.69) is 0 Å². The lowest BCUT2D eigenvalue weighted by atomic mass is 9.97. The van der Waals surface area contributed by atoms with E-state index in [-0.39, 0.29) is 34.0 Å². The van der Waals surface area contributed by atoms with Crippen molar-refractivity contribution in [2.45, 2.75) is 61.4 Å². The number of phenols is 2. The fourth-order valence-electron chi connectivity index (χ4n) is 5.05. The first kappa shape index (κ1) is 31.9. The highest BCUT2D eigenvalue weighted by Gasteiger charge is 2.51. The van der Waals surface area contributed by atoms with Crippen LogP contribution in [-0.2, 0) is 14.2 Å². The summed E-state index contributed by atoms with van der Waals surface area (Å²) >= 11 is 0. The van der Waals surface area contributed by atoms with Gasteiger partial charge in [0.2, 0.25) is 6.29 Å². The van der Waals surface area contributed by atoms with E-state index in [1.54, 1.807) is 0 Å². The number of fused-ring (bicyclic) bond motifs is 1. The summed E-state index contributed by atoms with van der Waals surface area (Å²) in [6, 6.07) is 7.63. The molecule has 9 N–H and O–H groups in total. The molecule has 0 radical (unpaired) electrons. The molecular weight excluding hydrogens is 592 g/mol. The van der Waals surface area contributed by atoms with Crippen LogP contribution in [0.1, 0.15) is 0 Å². The standard InChI is InChI=1S/C28H32O16/c1-39-16-4-10(2-3-12(16)31)15-7-14(33)20-13(32)5-11(6-17(20)41-15)40-28-26(24(37)22(35)19(9-30)43-28)44-27-25(38)23(36)21(34)18(8-29)42-27/h2-7,18-19,21-32,34-38H,8-9H2,1H3/t18-,19-,21-,22-,23-,24+,25-,26-,27-,28-/m0/s1. The van der Waals surface area contributed by atoms with E-state index < -0.39 is 85.8 Å². The van der Waals surface area contributed by atoms with Gasteiger partial charge in [-0.3, -0.25) is 4.79 Å². The number of aromatic hydroxyl groups is 2. The van der Waals surface area contributed by atoms with E-state index in [1.807, 2.05) is 0 Å². The molecule has 16 nitrogen and oxygen atoms in total. The predicted molar refractivity (Wildman–Crippen MR) is 145 cm³/mol. The van der Waals surface area contributed by atoms with Gasteiger partial charge in [-0.25, -0.2) is 0 Å². The molecule has 2 aliphatic rings. The Labute approximate surface area is 248 Å². The molecule has 2 fully saturated rings. The molecule has 0 unspecified atom stereocenters. The average molecular weight is 625 g/mol. The van der Waals surface area contributed by atoms with E-state index in [1.165, 1.54) is 31.4 Å². The van der Waals surface area contributed by atoms with Crippen molar-refractivity contribution in [3.63, 3.8) is 0 Å². The first-order valence-corrected chi connectivity index (χ1v) is 13.4. The van der Waals surface area contributed by atoms with Gasteiger partial charge in [-0.2, -0.15) is 0 Å². The molecule has 0 aliphatic carbocycles. The van der Waals surface area contributed by atoms with E-state index in [0.717, 1.165) is 12.1 Å². The Bertz CT molecular complexity index is 1520. The third kappa shape index (κ3) is 5.92. The van der Waals surface area contributed by atoms with Gasteiger partial charge in [0.05, 0.1) is 20.3 Å². The number of hydrogen-bond donors (Lipinski definition) is 9. The highest BCUT2D eigenvalue weighted by atomic mass is 16.8. The second-order valence-electron chi connectivity index (χ2n) is 10.3. The number of phenolic OH excluding ortho intramolecular Hbond substituents is 2. The van der Waals surface area contributed by atoms with Gasteiger partial charge in [-0.05, 0) is 18.2 Å². The van der Waals surface area contributed by atoms with E-state index >= 15 is 0 Å². The van der Waals surface area contributed by atoms with Gasteiger partial charge >= 0.3 is 0 Å². The van der Waals surface area contributed by atoms with E-state index in [0.29, 0.717) is 5.56 Å². The molecule has 10 atom stereocenters. The fraction of sp³-hybridized carbons (Fsp3) is 0.464. The van der Waals surface area contributed by atoms with Gasteiger partial charge in [-0.15, -0.1) is 0 Å². The number of hydrogen-bond acceptors (Lipinski definition) is 16. The number of aliphatic hydroxyl groups is 7. The van der Waals surface area contributed by atoms with Gasteiger partial charge in [-0.1, -0.05) is 0 Å². The molecule has 0 bridgehead atoms. The third-order valence-corrected chi connectivity index (χ3v) is 7.46. The number of aliphatic hydroxyl groups excluding tert-OH is 7. The maximum atomic E-state index is 12.9. The Balaban J connectivity index is 1.48.